The van der Waals surface area contributed by atoms with E-state index in [-0.39, 0.29) is 52.3 Å². The molecule has 2 aliphatic heterocycles. The van der Waals surface area contributed by atoms with Gasteiger partial charge in [-0.3, -0.25) is 0 Å². The fourth-order valence-corrected chi connectivity index (χ4v) is 13.4. The molecule has 2 saturated heterocycles. The van der Waals surface area contributed by atoms with Gasteiger partial charge in [-0.05, 0) is 97.2 Å². The Kier molecular flexibility index (Phi) is 10.4. The van der Waals surface area contributed by atoms with Crippen LogP contribution in [-0.2, 0) is 23.7 Å². The molecule has 5 unspecified atom stereocenters. The molecule has 308 valence electrons. The highest BCUT2D eigenvalue weighted by atomic mass is 16.8. The highest BCUT2D eigenvalue weighted by Gasteiger charge is 2.69. The van der Waals surface area contributed by atoms with Crippen LogP contribution in [0, 0.1) is 50.2 Å². The molecule has 19 atom stereocenters. The van der Waals surface area contributed by atoms with Gasteiger partial charge >= 0.3 is 5.97 Å². The van der Waals surface area contributed by atoms with Crippen molar-refractivity contribution < 1.29 is 64.6 Å². The minimum absolute atomic E-state index is 0.0143. The first-order valence-electron chi connectivity index (χ1n) is 20.3. The van der Waals surface area contributed by atoms with Crippen molar-refractivity contribution in [3.8, 4) is 0 Å². The molecule has 0 radical (unpaired) electrons. The number of aliphatic hydroxyl groups excluding tert-OH is 7. The van der Waals surface area contributed by atoms with Crippen molar-refractivity contribution in [2.24, 2.45) is 50.2 Å². The van der Waals surface area contributed by atoms with Crippen molar-refractivity contribution in [1.82, 2.24) is 0 Å². The summed E-state index contributed by atoms with van der Waals surface area (Å²) in [5, 5.41) is 85.5. The molecule has 0 spiro atoms. The van der Waals surface area contributed by atoms with Crippen LogP contribution in [-0.4, -0.2) is 128 Å². The van der Waals surface area contributed by atoms with Crippen molar-refractivity contribution >= 4 is 5.97 Å². The number of rotatable bonds is 6. The quantitative estimate of drug-likeness (QED) is 0.144. The molecule has 0 aromatic carbocycles. The van der Waals surface area contributed by atoms with E-state index in [9.17, 15) is 45.6 Å². The fourth-order valence-electron chi connectivity index (χ4n) is 13.4. The number of carboxylic acid groups (broad SMARTS) is 1. The molecule has 13 nitrogen and oxygen atoms in total. The second-order valence-corrected chi connectivity index (χ2v) is 20.4. The number of carbonyl (C=O) groups is 1. The van der Waals surface area contributed by atoms with Crippen LogP contribution in [0.5, 0.6) is 0 Å². The highest BCUT2D eigenvalue weighted by Crippen LogP contribution is 2.76. The van der Waals surface area contributed by atoms with Gasteiger partial charge in [-0.25, -0.2) is 4.79 Å². The van der Waals surface area contributed by atoms with Crippen LogP contribution >= 0.6 is 0 Å². The standard InChI is InChI=1S/C41H66O13/c1-36(2)16-21-20-8-9-24-38(4)12-11-26(39(5,19-42)23(38)10-13-41(24,7)40(20,6)15-14-37(21,3)25(44)17-36)52-35-32(29(47)28(46)31(53-35)33(49)50)54-34-30(48)27(45)22(43)18-51-34/h8,21-32,34-35,42-48H,9-19H2,1-7H3,(H,49,50)/t21?,22-,23?,24?,25+,26-,27-,28-,29-,30+,31-,32+,34?,35?,37+,38-,39+,40+,41+/m0/s1. The molecule has 5 aliphatic carbocycles. The molecular formula is C41H66O13. The molecule has 0 bridgehead atoms. The molecule has 0 aromatic heterocycles. The Morgan fingerprint density at radius 1 is 0.796 bits per heavy atom. The zero-order valence-corrected chi connectivity index (χ0v) is 33.1. The van der Waals surface area contributed by atoms with Crippen LogP contribution in [0.15, 0.2) is 11.6 Å². The summed E-state index contributed by atoms with van der Waals surface area (Å²) in [6, 6.07) is 0. The van der Waals surface area contributed by atoms with Crippen LogP contribution in [0.2, 0.25) is 0 Å². The van der Waals surface area contributed by atoms with E-state index in [2.05, 4.69) is 47.6 Å². The molecule has 6 fully saturated rings. The van der Waals surface area contributed by atoms with Gasteiger partial charge in [0.25, 0.3) is 0 Å². The first-order valence-corrected chi connectivity index (χ1v) is 20.3. The zero-order chi connectivity index (χ0) is 39.6. The van der Waals surface area contributed by atoms with E-state index < -0.39 is 72.8 Å². The van der Waals surface area contributed by atoms with E-state index in [1.165, 1.54) is 5.57 Å². The average molecular weight is 767 g/mol. The summed E-state index contributed by atoms with van der Waals surface area (Å²) in [6.45, 7) is 15.7. The second kappa shape index (κ2) is 13.7. The summed E-state index contributed by atoms with van der Waals surface area (Å²) in [4.78, 5) is 12.1. The lowest BCUT2D eigenvalue weighted by molar-refractivity contribution is -0.367. The molecule has 4 saturated carbocycles. The van der Waals surface area contributed by atoms with Gasteiger partial charge in [-0.1, -0.05) is 60.1 Å². The van der Waals surface area contributed by atoms with Crippen molar-refractivity contribution in [3.63, 3.8) is 0 Å². The van der Waals surface area contributed by atoms with Crippen LogP contribution in [0.4, 0.5) is 0 Å². The van der Waals surface area contributed by atoms with Gasteiger partial charge in [-0.2, -0.15) is 0 Å². The van der Waals surface area contributed by atoms with Gasteiger partial charge in [0.15, 0.2) is 18.7 Å². The van der Waals surface area contributed by atoms with Gasteiger partial charge in [0, 0.05) is 10.8 Å². The van der Waals surface area contributed by atoms with Crippen LogP contribution < -0.4 is 0 Å². The minimum Gasteiger partial charge on any atom is -0.479 e. The number of carboxylic acids is 1. The SMILES string of the molecule is CC1(C)CC2C3=CCC4[C@@]5(C)CC[C@H](OC6O[C@H](C(=O)O)[C@@H](O)[C@H](O)[C@H]6OC6OC[C@H](O)[C@H](O)[C@H]6O)[C@](C)(CO)C5CC[C@@]4(C)[C@]3(C)CC[C@@]2(C)[C@H](O)C1. The lowest BCUT2D eigenvalue weighted by atomic mass is 9.33. The third-order valence-corrected chi connectivity index (χ3v) is 17.0. The van der Waals surface area contributed by atoms with Crippen LogP contribution in [0.3, 0.4) is 0 Å². The van der Waals surface area contributed by atoms with Crippen molar-refractivity contribution in [2.75, 3.05) is 13.2 Å². The van der Waals surface area contributed by atoms with Crippen molar-refractivity contribution in [2.45, 2.75) is 174 Å². The Morgan fingerprint density at radius 3 is 2.17 bits per heavy atom. The summed E-state index contributed by atoms with van der Waals surface area (Å²) in [6.07, 6.45) is -5.53. The van der Waals surface area contributed by atoms with E-state index in [0.29, 0.717) is 18.3 Å². The van der Waals surface area contributed by atoms with E-state index in [1.54, 1.807) is 0 Å². The average Bonchev–Trinajstić information content (AvgIpc) is 3.10. The Hall–Kier alpha value is -1.23. The number of aliphatic hydroxyl groups is 7. The predicted octanol–water partition coefficient (Wildman–Crippen LogP) is 2.49. The van der Waals surface area contributed by atoms with Gasteiger partial charge in [0.05, 0.1) is 25.4 Å². The fraction of sp³-hybridized carbons (Fsp3) is 0.927. The smallest absolute Gasteiger partial charge is 0.335 e. The molecule has 0 amide bonds. The summed E-state index contributed by atoms with van der Waals surface area (Å²) in [5.74, 6) is -0.852. The van der Waals surface area contributed by atoms with Crippen molar-refractivity contribution in [3.05, 3.63) is 11.6 Å². The van der Waals surface area contributed by atoms with E-state index in [0.717, 1.165) is 51.4 Å². The monoisotopic (exact) mass is 766 g/mol. The normalized spacial score (nSPS) is 55.7. The van der Waals surface area contributed by atoms with Gasteiger partial charge in [0.2, 0.25) is 0 Å². The number of hydrogen-bond donors (Lipinski definition) is 8. The summed E-state index contributed by atoms with van der Waals surface area (Å²) >= 11 is 0. The maximum Gasteiger partial charge on any atom is 0.335 e. The molecule has 13 heteroatoms. The minimum atomic E-state index is -1.91. The van der Waals surface area contributed by atoms with Crippen LogP contribution in [0.1, 0.15) is 106 Å². The number of allylic oxidation sites excluding steroid dienone is 2. The third-order valence-electron chi connectivity index (χ3n) is 17.0. The molecular weight excluding hydrogens is 700 g/mol. The predicted molar refractivity (Wildman–Crippen MR) is 193 cm³/mol. The van der Waals surface area contributed by atoms with Crippen LogP contribution in [0.25, 0.3) is 0 Å². The number of fused-ring (bicyclic) bond motifs is 7. The first kappa shape index (κ1) is 40.9. The van der Waals surface area contributed by atoms with E-state index >= 15 is 0 Å². The van der Waals surface area contributed by atoms with E-state index in [4.69, 9.17) is 18.9 Å². The topological polar surface area (TPSA) is 216 Å². The Morgan fingerprint density at radius 2 is 1.50 bits per heavy atom. The molecule has 8 N–H and O–H groups in total. The Bertz CT molecular complexity index is 1470. The third kappa shape index (κ3) is 5.92. The van der Waals surface area contributed by atoms with Gasteiger partial charge in [0.1, 0.15) is 36.6 Å². The highest BCUT2D eigenvalue weighted by molar-refractivity contribution is 5.73. The summed E-state index contributed by atoms with van der Waals surface area (Å²) < 4.78 is 23.7. The maximum absolute atomic E-state index is 12.1. The van der Waals surface area contributed by atoms with Gasteiger partial charge in [-0.15, -0.1) is 0 Å². The maximum atomic E-state index is 12.1. The second-order valence-electron chi connectivity index (χ2n) is 20.4. The van der Waals surface area contributed by atoms with Gasteiger partial charge < -0.3 is 59.8 Å². The summed E-state index contributed by atoms with van der Waals surface area (Å²) in [7, 11) is 0. The van der Waals surface area contributed by atoms with E-state index in [1.807, 2.05) is 6.92 Å². The Balaban J connectivity index is 1.17. The van der Waals surface area contributed by atoms with Crippen molar-refractivity contribution in [1.29, 1.82) is 0 Å². The zero-order valence-electron chi connectivity index (χ0n) is 33.1. The number of ether oxygens (including phenoxy) is 4. The molecule has 7 rings (SSSR count). The molecule has 7 aliphatic rings. The number of aliphatic carboxylic acids is 1. The first-order chi connectivity index (χ1) is 25.1. The Labute approximate surface area is 319 Å². The lowest BCUT2D eigenvalue weighted by Gasteiger charge is -2.72. The molecule has 2 heterocycles. The largest absolute Gasteiger partial charge is 0.479 e. The molecule has 54 heavy (non-hydrogen) atoms. The summed E-state index contributed by atoms with van der Waals surface area (Å²) in [5.41, 5.74) is 0.419. The number of hydrogen-bond acceptors (Lipinski definition) is 12. The molecule has 0 aromatic rings. The lowest BCUT2D eigenvalue weighted by Crippen LogP contribution is -2.67.